The lowest BCUT2D eigenvalue weighted by molar-refractivity contribution is 0.0997. The number of carbonyl (C=O) groups is 1. The van der Waals surface area contributed by atoms with E-state index < -0.39 is 5.91 Å². The molecule has 0 unspecified atom stereocenters. The monoisotopic (exact) mass is 423 g/mol. The van der Waals surface area contributed by atoms with Gasteiger partial charge in [-0.3, -0.25) is 14.9 Å². The smallest absolute Gasteiger partial charge is 0.293 e. The maximum atomic E-state index is 12.3. The molecule has 0 saturated heterocycles. The van der Waals surface area contributed by atoms with Crippen molar-refractivity contribution in [3.8, 4) is 0 Å². The molecular formula is C15H10BrN3O3S2. The van der Waals surface area contributed by atoms with Crippen molar-refractivity contribution in [2.45, 2.75) is 4.34 Å². The van der Waals surface area contributed by atoms with Gasteiger partial charge in [-0.2, -0.15) is 0 Å². The average Bonchev–Trinajstić information content (AvgIpc) is 2.99. The van der Waals surface area contributed by atoms with Crippen molar-refractivity contribution in [3.05, 3.63) is 57.4 Å². The van der Waals surface area contributed by atoms with E-state index in [1.54, 1.807) is 24.3 Å². The first-order chi connectivity index (χ1) is 11.6. The Morgan fingerprint density at radius 1 is 1.42 bits per heavy atom. The molecule has 0 aliphatic carbocycles. The number of halogens is 1. The van der Waals surface area contributed by atoms with Gasteiger partial charge < -0.3 is 4.42 Å². The van der Waals surface area contributed by atoms with Crippen LogP contribution in [-0.4, -0.2) is 21.9 Å². The molecule has 1 amide bonds. The van der Waals surface area contributed by atoms with Crippen LogP contribution in [-0.2, 0) is 0 Å². The standard InChI is InChI=1S/C15H10BrN3O3S2/c1-2-5-23-15-19-18-14(24-15)17-13(21)12-7-10(20)9-4-3-8(16)6-11(9)22-12/h2-4,6-7H,1,5H2,(H,17,18,21). The third-order valence-corrected chi connectivity index (χ3v) is 5.33. The molecule has 122 valence electrons. The molecule has 1 aromatic carbocycles. The summed E-state index contributed by atoms with van der Waals surface area (Å²) in [6.07, 6.45) is 1.76. The first-order valence-corrected chi connectivity index (χ1v) is 9.28. The first-order valence-electron chi connectivity index (χ1n) is 6.69. The minimum atomic E-state index is -0.551. The van der Waals surface area contributed by atoms with Crippen LogP contribution in [0.5, 0.6) is 0 Å². The lowest BCUT2D eigenvalue weighted by atomic mass is 10.2. The second kappa shape index (κ2) is 7.29. The van der Waals surface area contributed by atoms with E-state index in [4.69, 9.17) is 4.42 Å². The number of hydrogen-bond donors (Lipinski definition) is 1. The molecular weight excluding hydrogens is 414 g/mol. The lowest BCUT2D eigenvalue weighted by Gasteiger charge is -2.03. The highest BCUT2D eigenvalue weighted by Crippen LogP contribution is 2.26. The fourth-order valence-corrected chi connectivity index (χ4v) is 3.70. The SMILES string of the molecule is C=CCSc1nnc(NC(=O)c2cc(=O)c3ccc(Br)cc3o2)s1. The summed E-state index contributed by atoms with van der Waals surface area (Å²) < 4.78 is 7.00. The summed E-state index contributed by atoms with van der Waals surface area (Å²) in [7, 11) is 0. The molecule has 1 N–H and O–H groups in total. The summed E-state index contributed by atoms with van der Waals surface area (Å²) in [4.78, 5) is 24.4. The van der Waals surface area contributed by atoms with Gasteiger partial charge in [0.25, 0.3) is 5.91 Å². The third kappa shape index (κ3) is 3.74. The number of amides is 1. The molecule has 0 saturated carbocycles. The molecule has 9 heteroatoms. The van der Waals surface area contributed by atoms with Crippen molar-refractivity contribution in [2.24, 2.45) is 0 Å². The lowest BCUT2D eigenvalue weighted by Crippen LogP contribution is -2.14. The van der Waals surface area contributed by atoms with E-state index in [2.05, 4.69) is 38.0 Å². The molecule has 2 aromatic heterocycles. The summed E-state index contributed by atoms with van der Waals surface area (Å²) in [5, 5.41) is 11.2. The van der Waals surface area contributed by atoms with Gasteiger partial charge in [0.1, 0.15) is 5.58 Å². The molecule has 0 aliphatic rings. The molecule has 0 spiro atoms. The van der Waals surface area contributed by atoms with E-state index in [9.17, 15) is 9.59 Å². The average molecular weight is 424 g/mol. The Bertz CT molecular complexity index is 983. The Labute approximate surface area is 153 Å². The van der Waals surface area contributed by atoms with Gasteiger partial charge in [-0.05, 0) is 18.2 Å². The summed E-state index contributed by atoms with van der Waals surface area (Å²) in [6.45, 7) is 3.63. The quantitative estimate of drug-likeness (QED) is 0.380. The number of fused-ring (bicyclic) bond motifs is 1. The molecule has 0 aliphatic heterocycles. The number of thioether (sulfide) groups is 1. The van der Waals surface area contributed by atoms with Crippen LogP contribution in [0.3, 0.4) is 0 Å². The van der Waals surface area contributed by atoms with Gasteiger partial charge in [0, 0.05) is 16.3 Å². The summed E-state index contributed by atoms with van der Waals surface area (Å²) in [5.74, 6) is 0.0725. The number of carbonyl (C=O) groups excluding carboxylic acids is 1. The van der Waals surface area contributed by atoms with Crippen molar-refractivity contribution in [1.82, 2.24) is 10.2 Å². The van der Waals surface area contributed by atoms with Crippen molar-refractivity contribution < 1.29 is 9.21 Å². The minimum Gasteiger partial charge on any atom is -0.451 e. The minimum absolute atomic E-state index is 0.0823. The molecule has 2 heterocycles. The van der Waals surface area contributed by atoms with Gasteiger partial charge in [0.05, 0.1) is 5.39 Å². The first kappa shape index (κ1) is 16.9. The number of nitrogens with zero attached hydrogens (tertiary/aromatic N) is 2. The van der Waals surface area contributed by atoms with Gasteiger partial charge in [-0.25, -0.2) is 0 Å². The Morgan fingerprint density at radius 2 is 2.25 bits per heavy atom. The van der Waals surface area contributed by atoms with Crippen molar-refractivity contribution >= 4 is 61.0 Å². The highest BCUT2D eigenvalue weighted by atomic mass is 79.9. The van der Waals surface area contributed by atoms with Crippen LogP contribution in [0.15, 0.2) is 54.9 Å². The predicted octanol–water partition coefficient (Wildman–Crippen LogP) is 3.94. The number of nitrogens with one attached hydrogen (secondary N) is 1. The number of aromatic nitrogens is 2. The second-order valence-electron chi connectivity index (χ2n) is 4.54. The Balaban J connectivity index is 1.84. The van der Waals surface area contributed by atoms with Gasteiger partial charge >= 0.3 is 0 Å². The van der Waals surface area contributed by atoms with Crippen molar-refractivity contribution in [3.63, 3.8) is 0 Å². The van der Waals surface area contributed by atoms with Crippen LogP contribution in [0.4, 0.5) is 5.13 Å². The number of hydrogen-bond acceptors (Lipinski definition) is 7. The topological polar surface area (TPSA) is 85.1 Å². The highest BCUT2D eigenvalue weighted by Gasteiger charge is 2.15. The molecule has 24 heavy (non-hydrogen) atoms. The molecule has 3 aromatic rings. The largest absolute Gasteiger partial charge is 0.451 e. The Kier molecular flexibility index (Phi) is 5.12. The van der Waals surface area contributed by atoms with Crippen LogP contribution < -0.4 is 10.7 Å². The van der Waals surface area contributed by atoms with Crippen LogP contribution in [0.25, 0.3) is 11.0 Å². The molecule has 0 fully saturated rings. The molecule has 0 atom stereocenters. The van der Waals surface area contributed by atoms with Crippen LogP contribution in [0.1, 0.15) is 10.6 Å². The van der Waals surface area contributed by atoms with Gasteiger partial charge in [0.2, 0.25) is 5.13 Å². The third-order valence-electron chi connectivity index (χ3n) is 2.87. The highest BCUT2D eigenvalue weighted by molar-refractivity contribution is 9.10. The molecule has 6 nitrogen and oxygen atoms in total. The second-order valence-corrected chi connectivity index (χ2v) is 7.70. The van der Waals surface area contributed by atoms with Gasteiger partial charge in [-0.15, -0.1) is 16.8 Å². The molecule has 0 bridgehead atoms. The molecule has 0 radical (unpaired) electrons. The molecule has 3 rings (SSSR count). The summed E-state index contributed by atoms with van der Waals surface area (Å²) in [5.41, 5.74) is 0.0508. The van der Waals surface area contributed by atoms with Crippen molar-refractivity contribution in [2.75, 3.05) is 11.1 Å². The van der Waals surface area contributed by atoms with Gasteiger partial charge in [0.15, 0.2) is 15.5 Å². The fraction of sp³-hybridized carbons (Fsp3) is 0.0667. The maximum Gasteiger partial charge on any atom is 0.293 e. The Morgan fingerprint density at radius 3 is 3.04 bits per heavy atom. The van der Waals surface area contributed by atoms with E-state index >= 15 is 0 Å². The van der Waals surface area contributed by atoms with E-state index in [-0.39, 0.29) is 11.2 Å². The number of anilines is 1. The fourth-order valence-electron chi connectivity index (χ4n) is 1.85. The normalized spacial score (nSPS) is 10.7. The summed E-state index contributed by atoms with van der Waals surface area (Å²) >= 11 is 6.01. The van der Waals surface area contributed by atoms with E-state index in [1.807, 2.05) is 0 Å². The zero-order valence-electron chi connectivity index (χ0n) is 12.1. The van der Waals surface area contributed by atoms with Crippen LogP contribution in [0, 0.1) is 0 Å². The van der Waals surface area contributed by atoms with Gasteiger partial charge in [-0.1, -0.05) is 45.1 Å². The summed E-state index contributed by atoms with van der Waals surface area (Å²) in [6, 6.07) is 6.19. The van der Waals surface area contributed by atoms with Crippen LogP contribution >= 0.6 is 39.0 Å². The zero-order valence-corrected chi connectivity index (χ0v) is 15.3. The number of benzene rings is 1. The van der Waals surface area contributed by atoms with E-state index in [0.29, 0.717) is 26.2 Å². The zero-order chi connectivity index (χ0) is 17.1. The maximum absolute atomic E-state index is 12.3. The van der Waals surface area contributed by atoms with Crippen molar-refractivity contribution in [1.29, 1.82) is 0 Å². The van der Waals surface area contributed by atoms with E-state index in [1.165, 1.54) is 29.2 Å². The van der Waals surface area contributed by atoms with E-state index in [0.717, 1.165) is 4.47 Å². The number of rotatable bonds is 5. The Hall–Kier alpha value is -1.97. The van der Waals surface area contributed by atoms with Crippen LogP contribution in [0.2, 0.25) is 0 Å². The predicted molar refractivity (Wildman–Crippen MR) is 99.0 cm³/mol.